The zero-order chi connectivity index (χ0) is 13.4. The van der Waals surface area contributed by atoms with Crippen molar-refractivity contribution in [3.63, 3.8) is 0 Å². The quantitative estimate of drug-likeness (QED) is 0.690. The average molecular weight is 247 g/mol. The lowest BCUT2D eigenvalue weighted by molar-refractivity contribution is -0.137. The summed E-state index contributed by atoms with van der Waals surface area (Å²) in [5, 5.41) is 11.6. The third-order valence-electron chi connectivity index (χ3n) is 2.28. The van der Waals surface area contributed by atoms with Crippen molar-refractivity contribution >= 4 is 24.1 Å². The molecule has 0 unspecified atom stereocenters. The van der Waals surface area contributed by atoms with Crippen molar-refractivity contribution in [1.82, 2.24) is 9.97 Å². The van der Waals surface area contributed by atoms with E-state index in [0.717, 1.165) is 17.8 Å². The molecule has 0 aliphatic heterocycles. The Morgan fingerprint density at radius 3 is 2.39 bits per heavy atom. The lowest BCUT2D eigenvalue weighted by atomic mass is 10.2. The molecule has 0 radical (unpaired) electrons. The number of aliphatic carboxylic acids is 1. The van der Waals surface area contributed by atoms with Crippen LogP contribution in [0.2, 0.25) is 0 Å². The molecule has 0 aliphatic carbocycles. The van der Waals surface area contributed by atoms with E-state index in [4.69, 9.17) is 5.11 Å². The van der Waals surface area contributed by atoms with E-state index in [1.54, 1.807) is 18.2 Å². The number of rotatable bonds is 8. The van der Waals surface area contributed by atoms with E-state index < -0.39 is 5.97 Å². The molecule has 1 aromatic heterocycles. The topological polar surface area (TPSA) is 75.1 Å². The van der Waals surface area contributed by atoms with Crippen LogP contribution in [0.3, 0.4) is 0 Å². The van der Waals surface area contributed by atoms with Crippen LogP contribution in [-0.4, -0.2) is 27.6 Å². The number of nitrogens with one attached hydrogen (secondary N) is 1. The summed E-state index contributed by atoms with van der Waals surface area (Å²) in [5.41, 5.74) is 1.46. The van der Waals surface area contributed by atoms with Crippen molar-refractivity contribution in [2.75, 3.05) is 11.9 Å². The van der Waals surface area contributed by atoms with Crippen molar-refractivity contribution in [2.24, 2.45) is 0 Å². The minimum Gasteiger partial charge on any atom is -0.481 e. The highest BCUT2D eigenvalue weighted by Gasteiger charge is 2.01. The van der Waals surface area contributed by atoms with Gasteiger partial charge in [-0.1, -0.05) is 13.2 Å². The molecule has 1 aromatic rings. The number of carboxylic acids is 1. The standard InChI is InChI=1S/C13H17N3O2/c1-3-10-9-11(4-2)16-13(15-10)14-8-6-5-7-12(17)18/h3-4,9H,1-2,5-8H2,(H,17,18)(H,14,15,16). The van der Waals surface area contributed by atoms with Crippen LogP contribution in [0.4, 0.5) is 5.95 Å². The monoisotopic (exact) mass is 247 g/mol. The molecule has 5 heteroatoms. The highest BCUT2D eigenvalue weighted by molar-refractivity contribution is 5.66. The van der Waals surface area contributed by atoms with Gasteiger partial charge in [0, 0.05) is 13.0 Å². The number of anilines is 1. The first-order valence-electron chi connectivity index (χ1n) is 5.75. The number of nitrogens with zero attached hydrogens (tertiary/aromatic N) is 2. The summed E-state index contributed by atoms with van der Waals surface area (Å²) in [7, 11) is 0. The molecule has 0 aliphatic rings. The maximum atomic E-state index is 10.3. The van der Waals surface area contributed by atoms with Crippen LogP contribution in [-0.2, 0) is 4.79 Å². The third kappa shape index (κ3) is 4.78. The number of unbranched alkanes of at least 4 members (excludes halogenated alkanes) is 1. The molecule has 0 saturated heterocycles. The number of hydrogen-bond donors (Lipinski definition) is 2. The van der Waals surface area contributed by atoms with Gasteiger partial charge in [-0.3, -0.25) is 4.79 Å². The van der Waals surface area contributed by atoms with Crippen LogP contribution in [0, 0.1) is 0 Å². The van der Waals surface area contributed by atoms with E-state index in [2.05, 4.69) is 28.4 Å². The Hall–Kier alpha value is -2.17. The fourth-order valence-corrected chi connectivity index (χ4v) is 1.38. The second-order valence-electron chi connectivity index (χ2n) is 3.73. The van der Waals surface area contributed by atoms with E-state index in [0.29, 0.717) is 18.9 Å². The highest BCUT2D eigenvalue weighted by atomic mass is 16.4. The normalized spacial score (nSPS) is 9.78. The van der Waals surface area contributed by atoms with Crippen LogP contribution in [0.5, 0.6) is 0 Å². The fraction of sp³-hybridized carbons (Fsp3) is 0.308. The van der Waals surface area contributed by atoms with Crippen molar-refractivity contribution < 1.29 is 9.90 Å². The summed E-state index contributed by atoms with van der Waals surface area (Å²) in [6.45, 7) is 7.96. The lowest BCUT2D eigenvalue weighted by Gasteiger charge is -2.06. The van der Waals surface area contributed by atoms with Crippen LogP contribution in [0.1, 0.15) is 30.7 Å². The Kier molecular flexibility index (Phi) is 5.57. The van der Waals surface area contributed by atoms with Gasteiger partial charge < -0.3 is 10.4 Å². The van der Waals surface area contributed by atoms with E-state index in [-0.39, 0.29) is 6.42 Å². The van der Waals surface area contributed by atoms with Gasteiger partial charge in [0.1, 0.15) is 0 Å². The smallest absolute Gasteiger partial charge is 0.303 e. The van der Waals surface area contributed by atoms with Crippen molar-refractivity contribution in [2.45, 2.75) is 19.3 Å². The van der Waals surface area contributed by atoms with Gasteiger partial charge in [-0.15, -0.1) is 0 Å². The first-order valence-corrected chi connectivity index (χ1v) is 5.75. The summed E-state index contributed by atoms with van der Waals surface area (Å²) in [6.07, 6.45) is 4.87. The Labute approximate surface area is 106 Å². The summed E-state index contributed by atoms with van der Waals surface area (Å²) in [4.78, 5) is 18.8. The van der Waals surface area contributed by atoms with Crippen molar-refractivity contribution in [1.29, 1.82) is 0 Å². The van der Waals surface area contributed by atoms with Gasteiger partial charge in [-0.05, 0) is 31.1 Å². The van der Waals surface area contributed by atoms with Gasteiger partial charge >= 0.3 is 5.97 Å². The summed E-state index contributed by atoms with van der Waals surface area (Å²) < 4.78 is 0. The number of hydrogen-bond acceptors (Lipinski definition) is 4. The van der Waals surface area contributed by atoms with Gasteiger partial charge in [0.15, 0.2) is 0 Å². The molecule has 0 amide bonds. The Morgan fingerprint density at radius 1 is 1.28 bits per heavy atom. The Morgan fingerprint density at radius 2 is 1.89 bits per heavy atom. The van der Waals surface area contributed by atoms with Gasteiger partial charge in [0.25, 0.3) is 0 Å². The third-order valence-corrected chi connectivity index (χ3v) is 2.28. The molecule has 2 N–H and O–H groups in total. The maximum Gasteiger partial charge on any atom is 0.303 e. The van der Waals surface area contributed by atoms with Gasteiger partial charge in [-0.25, -0.2) is 9.97 Å². The van der Waals surface area contributed by atoms with E-state index in [9.17, 15) is 4.79 Å². The molecule has 1 rings (SSSR count). The van der Waals surface area contributed by atoms with Crippen molar-refractivity contribution in [3.05, 3.63) is 30.6 Å². The van der Waals surface area contributed by atoms with Crippen molar-refractivity contribution in [3.8, 4) is 0 Å². The minimum atomic E-state index is -0.770. The van der Waals surface area contributed by atoms with Gasteiger partial charge in [-0.2, -0.15) is 0 Å². The molecular weight excluding hydrogens is 230 g/mol. The second kappa shape index (κ2) is 7.21. The predicted molar refractivity (Wildman–Crippen MR) is 72.2 cm³/mol. The Bertz CT molecular complexity index is 418. The fourth-order valence-electron chi connectivity index (χ4n) is 1.38. The lowest BCUT2D eigenvalue weighted by Crippen LogP contribution is -2.07. The van der Waals surface area contributed by atoms with E-state index >= 15 is 0 Å². The second-order valence-corrected chi connectivity index (χ2v) is 3.73. The maximum absolute atomic E-state index is 10.3. The first-order chi connectivity index (χ1) is 8.65. The zero-order valence-electron chi connectivity index (χ0n) is 10.2. The number of carbonyl (C=O) groups is 1. The largest absolute Gasteiger partial charge is 0.481 e. The summed E-state index contributed by atoms with van der Waals surface area (Å²) >= 11 is 0. The molecule has 0 fully saturated rings. The number of carboxylic acid groups (broad SMARTS) is 1. The molecule has 0 saturated carbocycles. The van der Waals surface area contributed by atoms with Gasteiger partial charge in [0.2, 0.25) is 5.95 Å². The molecule has 0 spiro atoms. The molecular formula is C13H17N3O2. The van der Waals surface area contributed by atoms with E-state index in [1.165, 1.54) is 0 Å². The van der Waals surface area contributed by atoms with Crippen LogP contribution >= 0.6 is 0 Å². The molecule has 18 heavy (non-hydrogen) atoms. The average Bonchev–Trinajstić information content (AvgIpc) is 2.37. The first kappa shape index (κ1) is 13.9. The minimum absolute atomic E-state index is 0.188. The predicted octanol–water partition coefficient (Wildman–Crippen LogP) is 2.43. The molecule has 0 atom stereocenters. The van der Waals surface area contributed by atoms with Crippen LogP contribution in [0.25, 0.3) is 12.2 Å². The van der Waals surface area contributed by atoms with Crippen LogP contribution in [0.15, 0.2) is 19.2 Å². The zero-order valence-corrected chi connectivity index (χ0v) is 10.2. The molecule has 0 aromatic carbocycles. The molecule has 0 bridgehead atoms. The van der Waals surface area contributed by atoms with E-state index in [1.807, 2.05) is 0 Å². The van der Waals surface area contributed by atoms with Gasteiger partial charge in [0.05, 0.1) is 11.4 Å². The highest BCUT2D eigenvalue weighted by Crippen LogP contribution is 2.08. The number of aromatic nitrogens is 2. The summed E-state index contributed by atoms with van der Waals surface area (Å²) in [6, 6.07) is 1.79. The molecule has 5 nitrogen and oxygen atoms in total. The summed E-state index contributed by atoms with van der Waals surface area (Å²) in [5.74, 6) is -0.258. The SMILES string of the molecule is C=Cc1cc(C=C)nc(NCCCCC(=O)O)n1. The molecule has 1 heterocycles. The molecule has 96 valence electrons. The van der Waals surface area contributed by atoms with Crippen LogP contribution < -0.4 is 5.32 Å². The Balaban J connectivity index is 2.48.